The third kappa shape index (κ3) is 0.833. The second-order valence-electron chi connectivity index (χ2n) is 2.08. The zero-order valence-corrected chi connectivity index (χ0v) is 5.13. The fourth-order valence-corrected chi connectivity index (χ4v) is 0.713. The summed E-state index contributed by atoms with van der Waals surface area (Å²) in [5, 5.41) is 8.99. The Hall–Kier alpha value is -0.830. The van der Waals surface area contributed by atoms with Crippen LogP contribution in [-0.4, -0.2) is 23.3 Å². The number of rotatable bonds is 0. The van der Waals surface area contributed by atoms with Crippen LogP contribution >= 0.6 is 0 Å². The molecule has 3 heteroatoms. The maximum absolute atomic E-state index is 10.5. The molecular formula is C6H8O3. The van der Waals surface area contributed by atoms with Gasteiger partial charge in [0.25, 0.3) is 0 Å². The molecule has 0 bridgehead atoms. The van der Waals surface area contributed by atoms with Gasteiger partial charge in [0.05, 0.1) is 5.57 Å². The minimum absolute atomic E-state index is 0.155. The Labute approximate surface area is 52.9 Å². The van der Waals surface area contributed by atoms with Crippen molar-refractivity contribution in [1.82, 2.24) is 0 Å². The first-order chi connectivity index (χ1) is 4.13. The van der Waals surface area contributed by atoms with Crippen LogP contribution in [0.3, 0.4) is 0 Å². The van der Waals surface area contributed by atoms with Gasteiger partial charge in [-0.3, -0.25) is 0 Å². The molecule has 1 heterocycles. The van der Waals surface area contributed by atoms with Crippen LogP contribution in [0.2, 0.25) is 0 Å². The lowest BCUT2D eigenvalue weighted by molar-refractivity contribution is -0.138. The number of ether oxygens (including phenoxy) is 1. The van der Waals surface area contributed by atoms with Gasteiger partial charge in [0, 0.05) is 0 Å². The maximum atomic E-state index is 10.5. The molecule has 1 saturated heterocycles. The van der Waals surface area contributed by atoms with Gasteiger partial charge in [-0.25, -0.2) is 4.79 Å². The van der Waals surface area contributed by atoms with Crippen LogP contribution in [0.25, 0.3) is 0 Å². The molecule has 1 fully saturated rings. The minimum atomic E-state index is -0.808. The summed E-state index contributed by atoms with van der Waals surface area (Å²) in [5.74, 6) is -0.491. The van der Waals surface area contributed by atoms with E-state index in [1.165, 1.54) is 0 Å². The molecule has 2 atom stereocenters. The lowest BCUT2D eigenvalue weighted by Crippen LogP contribution is -2.16. The predicted molar refractivity (Wildman–Crippen MR) is 30.7 cm³/mol. The van der Waals surface area contributed by atoms with Gasteiger partial charge >= 0.3 is 5.97 Å². The molecule has 0 spiro atoms. The summed E-state index contributed by atoms with van der Waals surface area (Å²) in [4.78, 5) is 10.5. The van der Waals surface area contributed by atoms with Crippen LogP contribution in [-0.2, 0) is 9.53 Å². The van der Waals surface area contributed by atoms with Crippen LogP contribution in [0, 0.1) is 0 Å². The van der Waals surface area contributed by atoms with Crippen LogP contribution in [0.5, 0.6) is 0 Å². The summed E-state index contributed by atoms with van der Waals surface area (Å²) in [6.45, 7) is 4.97. The number of esters is 1. The van der Waals surface area contributed by atoms with Crippen molar-refractivity contribution in [2.75, 3.05) is 0 Å². The standard InChI is InChI=1S/C6H8O3/c1-3-5(7)4(2)9-6(3)8/h4-5,7H,1H2,2H3/t4-,5+/m0/s1. The molecule has 1 aliphatic heterocycles. The molecule has 50 valence electrons. The molecular weight excluding hydrogens is 120 g/mol. The first kappa shape index (κ1) is 6.29. The molecule has 0 aromatic carbocycles. The van der Waals surface area contributed by atoms with Gasteiger partial charge in [0.15, 0.2) is 0 Å². The smallest absolute Gasteiger partial charge is 0.336 e. The van der Waals surface area contributed by atoms with Crippen LogP contribution in [0.4, 0.5) is 0 Å². The van der Waals surface area contributed by atoms with E-state index in [9.17, 15) is 4.79 Å². The van der Waals surface area contributed by atoms with Crippen molar-refractivity contribution < 1.29 is 14.6 Å². The van der Waals surface area contributed by atoms with E-state index in [1.807, 2.05) is 0 Å². The van der Waals surface area contributed by atoms with E-state index in [2.05, 4.69) is 11.3 Å². The van der Waals surface area contributed by atoms with Crippen molar-refractivity contribution in [3.63, 3.8) is 0 Å². The summed E-state index contributed by atoms with van der Waals surface area (Å²) < 4.78 is 4.60. The number of aliphatic hydroxyl groups excluding tert-OH is 1. The monoisotopic (exact) mass is 128 g/mol. The van der Waals surface area contributed by atoms with Gasteiger partial charge < -0.3 is 9.84 Å². The van der Waals surface area contributed by atoms with Crippen molar-refractivity contribution in [1.29, 1.82) is 0 Å². The molecule has 9 heavy (non-hydrogen) atoms. The molecule has 0 radical (unpaired) electrons. The van der Waals surface area contributed by atoms with E-state index in [1.54, 1.807) is 6.92 Å². The van der Waals surface area contributed by atoms with Crippen molar-refractivity contribution >= 4 is 5.97 Å². The van der Waals surface area contributed by atoms with E-state index in [0.717, 1.165) is 0 Å². The molecule has 0 saturated carbocycles. The van der Waals surface area contributed by atoms with Crippen molar-refractivity contribution in [3.8, 4) is 0 Å². The Kier molecular flexibility index (Phi) is 1.29. The summed E-state index contributed by atoms with van der Waals surface area (Å²) in [6, 6.07) is 0. The maximum Gasteiger partial charge on any atom is 0.336 e. The second-order valence-corrected chi connectivity index (χ2v) is 2.08. The van der Waals surface area contributed by atoms with Gasteiger partial charge in [-0.15, -0.1) is 0 Å². The Bertz CT molecular complexity index is 162. The number of hydrogen-bond acceptors (Lipinski definition) is 3. The molecule has 0 aromatic rings. The summed E-state index contributed by atoms with van der Waals surface area (Å²) >= 11 is 0. The first-order valence-corrected chi connectivity index (χ1v) is 2.71. The summed E-state index contributed by atoms with van der Waals surface area (Å²) in [7, 11) is 0. The molecule has 1 N–H and O–H groups in total. The molecule has 1 aliphatic rings. The van der Waals surface area contributed by atoms with E-state index in [-0.39, 0.29) is 5.57 Å². The van der Waals surface area contributed by atoms with Crippen molar-refractivity contribution in [3.05, 3.63) is 12.2 Å². The SMILES string of the molecule is C=C1C(=O)O[C@@H](C)[C@@H]1O. The Morgan fingerprint density at radius 2 is 2.33 bits per heavy atom. The van der Waals surface area contributed by atoms with Gasteiger partial charge in [0.1, 0.15) is 12.2 Å². The zero-order valence-electron chi connectivity index (χ0n) is 5.13. The number of aliphatic hydroxyl groups is 1. The van der Waals surface area contributed by atoms with Gasteiger partial charge in [-0.2, -0.15) is 0 Å². The third-order valence-electron chi connectivity index (χ3n) is 1.36. The Balaban J connectivity index is 2.77. The first-order valence-electron chi connectivity index (χ1n) is 2.71. The minimum Gasteiger partial charge on any atom is -0.456 e. The van der Waals surface area contributed by atoms with Gasteiger partial charge in [-0.05, 0) is 6.92 Å². The highest BCUT2D eigenvalue weighted by Crippen LogP contribution is 2.18. The van der Waals surface area contributed by atoms with Crippen LogP contribution in [0.15, 0.2) is 12.2 Å². The average molecular weight is 128 g/mol. The molecule has 0 unspecified atom stereocenters. The number of cyclic esters (lactones) is 1. The Morgan fingerprint density at radius 3 is 2.44 bits per heavy atom. The van der Waals surface area contributed by atoms with Crippen molar-refractivity contribution in [2.45, 2.75) is 19.1 Å². The lowest BCUT2D eigenvalue weighted by Gasteiger charge is -2.03. The van der Waals surface area contributed by atoms with Gasteiger partial charge in [-0.1, -0.05) is 6.58 Å². The van der Waals surface area contributed by atoms with E-state index in [0.29, 0.717) is 0 Å². The fraction of sp³-hybridized carbons (Fsp3) is 0.500. The highest BCUT2D eigenvalue weighted by molar-refractivity contribution is 5.91. The normalized spacial score (nSPS) is 34.9. The average Bonchev–Trinajstić information content (AvgIpc) is 1.98. The molecule has 0 aliphatic carbocycles. The summed E-state index contributed by atoms with van der Waals surface area (Å²) in [5.41, 5.74) is 0.155. The fourth-order valence-electron chi connectivity index (χ4n) is 0.713. The molecule has 0 aromatic heterocycles. The number of carbonyl (C=O) groups excluding carboxylic acids is 1. The second kappa shape index (κ2) is 1.84. The lowest BCUT2D eigenvalue weighted by atomic mass is 10.1. The third-order valence-corrected chi connectivity index (χ3v) is 1.36. The van der Waals surface area contributed by atoms with E-state index < -0.39 is 18.2 Å². The Morgan fingerprint density at radius 1 is 1.78 bits per heavy atom. The zero-order chi connectivity index (χ0) is 7.02. The quantitative estimate of drug-likeness (QED) is 0.364. The number of carbonyl (C=O) groups is 1. The van der Waals surface area contributed by atoms with E-state index in [4.69, 9.17) is 5.11 Å². The predicted octanol–water partition coefficient (Wildman–Crippen LogP) is -0.151. The topological polar surface area (TPSA) is 46.5 Å². The largest absolute Gasteiger partial charge is 0.456 e. The van der Waals surface area contributed by atoms with Crippen LogP contribution < -0.4 is 0 Å². The molecule has 3 nitrogen and oxygen atoms in total. The van der Waals surface area contributed by atoms with Gasteiger partial charge in [0.2, 0.25) is 0 Å². The van der Waals surface area contributed by atoms with Crippen molar-refractivity contribution in [2.24, 2.45) is 0 Å². The van der Waals surface area contributed by atoms with E-state index >= 15 is 0 Å². The highest BCUT2D eigenvalue weighted by atomic mass is 16.6. The summed E-state index contributed by atoms with van der Waals surface area (Å²) in [6.07, 6.45) is -1.23. The highest BCUT2D eigenvalue weighted by Gasteiger charge is 2.33. The molecule has 1 rings (SSSR count). The molecule has 0 amide bonds. The number of hydrogen-bond donors (Lipinski definition) is 1. The van der Waals surface area contributed by atoms with Crippen LogP contribution in [0.1, 0.15) is 6.92 Å².